The Morgan fingerprint density at radius 1 is 0.905 bits per heavy atom. The van der Waals surface area contributed by atoms with Gasteiger partial charge in [0.25, 0.3) is 11.6 Å². The van der Waals surface area contributed by atoms with E-state index in [1.54, 1.807) is 0 Å². The van der Waals surface area contributed by atoms with Crippen molar-refractivity contribution in [3.63, 3.8) is 0 Å². The minimum Gasteiger partial charge on any atom is -0.368 e. The highest BCUT2D eigenvalue weighted by Crippen LogP contribution is 2.26. The van der Waals surface area contributed by atoms with Gasteiger partial charge in [0.1, 0.15) is 29.9 Å². The molecule has 2 aliphatic rings. The molecule has 2 aromatic carbocycles. The first-order valence-electron chi connectivity index (χ1n) is 13.5. The molecule has 0 fully saturated rings. The Labute approximate surface area is 242 Å². The second kappa shape index (κ2) is 14.6. The number of nitrogens with one attached hydrogen (secondary N) is 5. The van der Waals surface area contributed by atoms with Gasteiger partial charge in [-0.1, -0.05) is 30.3 Å². The highest BCUT2D eigenvalue weighted by Gasteiger charge is 2.28. The summed E-state index contributed by atoms with van der Waals surface area (Å²) in [6, 6.07) is 8.67. The van der Waals surface area contributed by atoms with Gasteiger partial charge >= 0.3 is 0 Å². The normalized spacial score (nSPS) is 22.8. The fourth-order valence-corrected chi connectivity index (χ4v) is 4.34. The summed E-state index contributed by atoms with van der Waals surface area (Å²) in [5.41, 5.74) is 5.70. The number of amides is 5. The zero-order valence-electron chi connectivity index (χ0n) is 23.3. The van der Waals surface area contributed by atoms with E-state index in [1.165, 1.54) is 26.0 Å². The number of rotatable bonds is 4. The molecular formula is C28H35N7O7. The maximum atomic E-state index is 13.1. The average Bonchev–Trinajstić information content (AvgIpc) is 2.95. The van der Waals surface area contributed by atoms with Crippen molar-refractivity contribution in [3.05, 3.63) is 69.8 Å². The summed E-state index contributed by atoms with van der Waals surface area (Å²) < 4.78 is 0. The smallest absolute Gasteiger partial charge is 0.293 e. The number of carbonyl (C=O) groups is 5. The van der Waals surface area contributed by atoms with Gasteiger partial charge in [-0.15, -0.1) is 0 Å². The third-order valence-electron chi connectivity index (χ3n) is 6.76. The Kier molecular flexibility index (Phi) is 10.9. The van der Waals surface area contributed by atoms with Crippen LogP contribution in [0.1, 0.15) is 49.0 Å². The molecule has 4 rings (SSSR count). The Bertz CT molecular complexity index is 1340. The first-order valence-corrected chi connectivity index (χ1v) is 13.5. The highest BCUT2D eigenvalue weighted by molar-refractivity contribution is 5.99. The van der Waals surface area contributed by atoms with Gasteiger partial charge in [-0.2, -0.15) is 0 Å². The van der Waals surface area contributed by atoms with Crippen LogP contribution in [0.25, 0.3) is 0 Å². The lowest BCUT2D eigenvalue weighted by Gasteiger charge is -2.23. The van der Waals surface area contributed by atoms with E-state index in [0.29, 0.717) is 12.8 Å². The second-order valence-corrected chi connectivity index (χ2v) is 10.1. The van der Waals surface area contributed by atoms with E-state index in [4.69, 9.17) is 5.73 Å². The van der Waals surface area contributed by atoms with Crippen LogP contribution in [0.2, 0.25) is 0 Å². The molecule has 7 N–H and O–H groups in total. The zero-order chi connectivity index (χ0) is 30.8. The van der Waals surface area contributed by atoms with Crippen molar-refractivity contribution in [1.29, 1.82) is 0 Å². The topological polar surface area (TPSA) is 215 Å². The van der Waals surface area contributed by atoms with Crippen LogP contribution in [0.15, 0.2) is 48.5 Å². The van der Waals surface area contributed by atoms with Crippen molar-refractivity contribution >= 4 is 40.9 Å². The first kappa shape index (κ1) is 31.5. The lowest BCUT2D eigenvalue weighted by atomic mass is 10.0. The van der Waals surface area contributed by atoms with E-state index >= 15 is 0 Å². The Morgan fingerprint density at radius 2 is 1.57 bits per heavy atom. The van der Waals surface area contributed by atoms with E-state index in [9.17, 15) is 34.1 Å². The van der Waals surface area contributed by atoms with Gasteiger partial charge in [0.15, 0.2) is 0 Å². The SMILES string of the molecule is C[C@@H]1NC(=O)[C@H](C)Nc2ccc(cc2[N+](=O)[O-])C(=O)N[C@H](C(N)=O)CCCCNC(=O)[C@H](Cc2ccccc2)NC1=O. The van der Waals surface area contributed by atoms with Crippen LogP contribution in [0.5, 0.6) is 0 Å². The van der Waals surface area contributed by atoms with E-state index in [0.717, 1.165) is 11.6 Å². The van der Waals surface area contributed by atoms with Gasteiger partial charge in [-0.25, -0.2) is 0 Å². The Morgan fingerprint density at radius 3 is 2.24 bits per heavy atom. The monoisotopic (exact) mass is 581 g/mol. The van der Waals surface area contributed by atoms with Crippen LogP contribution >= 0.6 is 0 Å². The zero-order valence-corrected chi connectivity index (χ0v) is 23.3. The number of nitro groups is 1. The van der Waals surface area contributed by atoms with E-state index in [2.05, 4.69) is 26.6 Å². The van der Waals surface area contributed by atoms with Crippen LogP contribution in [0.4, 0.5) is 11.4 Å². The quantitative estimate of drug-likeness (QED) is 0.169. The number of nitrogens with zero attached hydrogens (tertiary/aromatic N) is 1. The summed E-state index contributed by atoms with van der Waals surface area (Å²) in [5.74, 6) is -3.17. The van der Waals surface area contributed by atoms with Gasteiger partial charge in [0.2, 0.25) is 23.6 Å². The summed E-state index contributed by atoms with van der Waals surface area (Å²) >= 11 is 0. The lowest BCUT2D eigenvalue weighted by molar-refractivity contribution is -0.384. The third-order valence-corrected chi connectivity index (χ3v) is 6.76. The van der Waals surface area contributed by atoms with Crippen molar-refractivity contribution < 1.29 is 28.9 Å². The molecule has 0 saturated carbocycles. The van der Waals surface area contributed by atoms with Gasteiger partial charge in [-0.3, -0.25) is 34.1 Å². The predicted octanol–water partition coefficient (Wildman–Crippen LogP) is 0.511. The molecule has 0 saturated heterocycles. The number of fused-ring (bicyclic) bond motifs is 18. The molecule has 2 heterocycles. The molecule has 5 amide bonds. The maximum Gasteiger partial charge on any atom is 0.293 e. The molecule has 2 aliphatic heterocycles. The molecular weight excluding hydrogens is 546 g/mol. The third kappa shape index (κ3) is 8.74. The van der Waals surface area contributed by atoms with Crippen LogP contribution in [-0.2, 0) is 25.6 Å². The second-order valence-electron chi connectivity index (χ2n) is 10.1. The number of hydrogen-bond donors (Lipinski definition) is 6. The van der Waals surface area contributed by atoms with Crippen LogP contribution in [0, 0.1) is 10.1 Å². The highest BCUT2D eigenvalue weighted by atomic mass is 16.6. The number of anilines is 1. The number of hydrogen-bond acceptors (Lipinski definition) is 8. The minimum absolute atomic E-state index is 0.0340. The van der Waals surface area contributed by atoms with E-state index in [1.807, 2.05) is 30.3 Å². The van der Waals surface area contributed by atoms with Gasteiger partial charge < -0.3 is 32.3 Å². The van der Waals surface area contributed by atoms with Gasteiger partial charge in [-0.05, 0) is 50.8 Å². The molecule has 224 valence electrons. The fourth-order valence-electron chi connectivity index (χ4n) is 4.34. The fraction of sp³-hybridized carbons (Fsp3) is 0.393. The molecule has 0 spiro atoms. The van der Waals surface area contributed by atoms with Crippen molar-refractivity contribution in [3.8, 4) is 0 Å². The van der Waals surface area contributed by atoms with Crippen molar-refractivity contribution in [2.45, 2.75) is 63.7 Å². The molecule has 14 heteroatoms. The summed E-state index contributed by atoms with van der Waals surface area (Å²) in [7, 11) is 0. The summed E-state index contributed by atoms with van der Waals surface area (Å²) in [5, 5.41) is 25.0. The standard InChI is InChI=1S/C28H35N7O7/c1-16-25(37)32-17(2)26(38)34-22(14-18-8-4-3-5-9-18)28(40)30-13-7-6-10-21(24(29)36)33-27(39)19-11-12-20(31-16)23(15-19)35(41)42/h3-5,8-9,11-12,15-17,21-22,31H,6-7,10,13-14H2,1-2H3,(H2,29,36)(H,30,40)(H,32,37)(H,33,39)(H,34,38)/t16-,17-,21-,22-/m0/s1. The largest absolute Gasteiger partial charge is 0.368 e. The molecule has 0 aromatic heterocycles. The number of nitrogens with two attached hydrogens (primary N) is 1. The van der Waals surface area contributed by atoms with Crippen molar-refractivity contribution in [2.75, 3.05) is 11.9 Å². The van der Waals surface area contributed by atoms with Crippen molar-refractivity contribution in [2.24, 2.45) is 5.73 Å². The van der Waals surface area contributed by atoms with Crippen LogP contribution < -0.4 is 32.3 Å². The van der Waals surface area contributed by atoms with Gasteiger partial charge in [0.05, 0.1) is 4.92 Å². The van der Waals surface area contributed by atoms with Crippen molar-refractivity contribution in [1.82, 2.24) is 21.3 Å². The number of primary amides is 1. The molecule has 0 unspecified atom stereocenters. The predicted molar refractivity (Wildman–Crippen MR) is 153 cm³/mol. The van der Waals surface area contributed by atoms with E-state index in [-0.39, 0.29) is 30.6 Å². The molecule has 0 aliphatic carbocycles. The lowest BCUT2D eigenvalue weighted by Crippen LogP contribution is -2.55. The molecule has 14 nitrogen and oxygen atoms in total. The summed E-state index contributed by atoms with van der Waals surface area (Å²) in [6.07, 6.45) is 1.22. The summed E-state index contributed by atoms with van der Waals surface area (Å²) in [4.78, 5) is 74.8. The number of nitro benzene ring substituents is 1. The molecule has 42 heavy (non-hydrogen) atoms. The Balaban J connectivity index is 1.87. The van der Waals surface area contributed by atoms with Gasteiger partial charge in [0, 0.05) is 24.6 Å². The first-order chi connectivity index (χ1) is 20.0. The summed E-state index contributed by atoms with van der Waals surface area (Å²) in [6.45, 7) is 3.13. The molecule has 2 aromatic rings. The maximum absolute atomic E-state index is 13.1. The Hall–Kier alpha value is -5.01. The minimum atomic E-state index is -1.05. The average molecular weight is 582 g/mol. The van der Waals surface area contributed by atoms with Crippen LogP contribution in [-0.4, -0.2) is 65.2 Å². The molecule has 4 atom stereocenters. The van der Waals surface area contributed by atoms with Crippen LogP contribution in [0.3, 0.4) is 0 Å². The van der Waals surface area contributed by atoms with E-state index < -0.39 is 64.3 Å². The molecule has 0 radical (unpaired) electrons. The molecule has 2 bridgehead atoms. The number of carbonyl (C=O) groups excluding carboxylic acids is 5. The number of benzene rings is 2.